The Morgan fingerprint density at radius 3 is 2.08 bits per heavy atom. The third-order valence-corrected chi connectivity index (χ3v) is 6.18. The van der Waals surface area contributed by atoms with Crippen LogP contribution in [-0.4, -0.2) is 58.9 Å². The first-order valence-corrected chi connectivity index (χ1v) is 9.84. The zero-order chi connectivity index (χ0) is 17.3. The summed E-state index contributed by atoms with van der Waals surface area (Å²) in [5, 5.41) is 3.12. The smallest absolute Gasteiger partial charge is 0.240 e. The van der Waals surface area contributed by atoms with E-state index in [1.807, 2.05) is 6.92 Å². The zero-order valence-corrected chi connectivity index (χ0v) is 15.5. The van der Waals surface area contributed by atoms with Crippen LogP contribution in [0.1, 0.15) is 65.7 Å². The lowest BCUT2D eigenvalue weighted by Crippen LogP contribution is -2.56. The number of hydrogen-bond acceptors (Lipinski definition) is 3. The van der Waals surface area contributed by atoms with Crippen LogP contribution < -0.4 is 5.32 Å². The second kappa shape index (κ2) is 7.42. The first-order valence-electron chi connectivity index (χ1n) is 9.84. The summed E-state index contributed by atoms with van der Waals surface area (Å²) in [4.78, 5) is 29.6. The molecule has 0 aromatic heterocycles. The van der Waals surface area contributed by atoms with Crippen molar-refractivity contribution in [3.05, 3.63) is 0 Å². The minimum Gasteiger partial charge on any atom is -0.353 e. The lowest BCUT2D eigenvalue weighted by molar-refractivity contribution is -0.143. The van der Waals surface area contributed by atoms with Gasteiger partial charge in [0.15, 0.2) is 0 Å². The van der Waals surface area contributed by atoms with Crippen molar-refractivity contribution >= 4 is 11.8 Å². The quantitative estimate of drug-likeness (QED) is 0.856. The second-order valence-corrected chi connectivity index (χ2v) is 8.14. The van der Waals surface area contributed by atoms with E-state index in [-0.39, 0.29) is 23.8 Å². The van der Waals surface area contributed by atoms with Crippen molar-refractivity contribution in [1.82, 2.24) is 15.1 Å². The van der Waals surface area contributed by atoms with Crippen LogP contribution in [0.25, 0.3) is 0 Å². The van der Waals surface area contributed by atoms with Crippen molar-refractivity contribution in [1.29, 1.82) is 0 Å². The summed E-state index contributed by atoms with van der Waals surface area (Å²) in [5.41, 5.74) is 0. The van der Waals surface area contributed by atoms with Gasteiger partial charge in [-0.3, -0.25) is 14.5 Å². The highest BCUT2D eigenvalue weighted by Gasteiger charge is 2.36. The van der Waals surface area contributed by atoms with E-state index in [0.717, 1.165) is 51.6 Å². The molecule has 3 fully saturated rings. The fourth-order valence-electron chi connectivity index (χ4n) is 4.32. The number of carbonyl (C=O) groups excluding carboxylic acids is 2. The number of hydrogen-bond donors (Lipinski definition) is 1. The van der Waals surface area contributed by atoms with Gasteiger partial charge in [0.1, 0.15) is 0 Å². The van der Waals surface area contributed by atoms with Gasteiger partial charge in [-0.25, -0.2) is 0 Å². The highest BCUT2D eigenvalue weighted by Crippen LogP contribution is 2.26. The van der Waals surface area contributed by atoms with Crippen LogP contribution in [0.5, 0.6) is 0 Å². The van der Waals surface area contributed by atoms with Crippen LogP contribution >= 0.6 is 0 Å². The Balaban J connectivity index is 1.51. The summed E-state index contributed by atoms with van der Waals surface area (Å²) in [5.74, 6) is 0.641. The average molecular weight is 335 g/mol. The van der Waals surface area contributed by atoms with E-state index in [9.17, 15) is 9.59 Å². The van der Waals surface area contributed by atoms with Gasteiger partial charge in [-0.2, -0.15) is 0 Å². The van der Waals surface area contributed by atoms with Crippen molar-refractivity contribution in [2.24, 2.45) is 5.92 Å². The predicted molar refractivity (Wildman–Crippen MR) is 94.5 cm³/mol. The molecule has 0 bridgehead atoms. The molecule has 24 heavy (non-hydrogen) atoms. The topological polar surface area (TPSA) is 52.7 Å². The monoisotopic (exact) mass is 335 g/mol. The SMILES string of the molecule is C[C@H](C(=O)N1[C@@H](C)CCC[C@@H]1C)N1CCC(C(=O)NC2CC2)CC1. The molecule has 2 aliphatic heterocycles. The maximum absolute atomic E-state index is 13.0. The molecule has 0 radical (unpaired) electrons. The lowest BCUT2D eigenvalue weighted by Gasteiger charge is -2.43. The fraction of sp³-hybridized carbons (Fsp3) is 0.895. The highest BCUT2D eigenvalue weighted by molar-refractivity contribution is 5.82. The summed E-state index contributed by atoms with van der Waals surface area (Å²) < 4.78 is 0. The Morgan fingerprint density at radius 2 is 1.54 bits per heavy atom. The van der Waals surface area contributed by atoms with Crippen molar-refractivity contribution in [2.75, 3.05) is 13.1 Å². The molecule has 3 aliphatic rings. The molecule has 5 heteroatoms. The minimum atomic E-state index is -0.0690. The van der Waals surface area contributed by atoms with Crippen molar-refractivity contribution in [3.8, 4) is 0 Å². The Morgan fingerprint density at radius 1 is 0.958 bits per heavy atom. The molecule has 0 aromatic rings. The molecule has 2 heterocycles. The van der Waals surface area contributed by atoms with Gasteiger partial charge in [-0.1, -0.05) is 0 Å². The van der Waals surface area contributed by atoms with E-state index >= 15 is 0 Å². The first kappa shape index (κ1) is 17.7. The van der Waals surface area contributed by atoms with Gasteiger partial charge in [-0.15, -0.1) is 0 Å². The summed E-state index contributed by atoms with van der Waals surface area (Å²) in [6.45, 7) is 8.10. The van der Waals surface area contributed by atoms with Gasteiger partial charge in [0.25, 0.3) is 0 Å². The first-order chi connectivity index (χ1) is 11.5. The van der Waals surface area contributed by atoms with Crippen LogP contribution in [0.3, 0.4) is 0 Å². The molecule has 3 rings (SSSR count). The van der Waals surface area contributed by atoms with Gasteiger partial charge in [0.05, 0.1) is 6.04 Å². The molecule has 5 nitrogen and oxygen atoms in total. The molecule has 0 unspecified atom stereocenters. The number of carbonyl (C=O) groups is 2. The second-order valence-electron chi connectivity index (χ2n) is 8.14. The third kappa shape index (κ3) is 3.93. The van der Waals surface area contributed by atoms with Gasteiger partial charge in [0.2, 0.25) is 11.8 Å². The van der Waals surface area contributed by atoms with Gasteiger partial charge in [0, 0.05) is 24.0 Å². The van der Waals surface area contributed by atoms with Crippen LogP contribution in [-0.2, 0) is 9.59 Å². The number of likely N-dealkylation sites (tertiary alicyclic amines) is 2. The van der Waals surface area contributed by atoms with Gasteiger partial charge in [-0.05, 0) is 78.8 Å². The molecule has 3 atom stereocenters. The van der Waals surface area contributed by atoms with Crippen molar-refractivity contribution in [3.63, 3.8) is 0 Å². The summed E-state index contributed by atoms with van der Waals surface area (Å²) in [6, 6.07) is 1.08. The van der Waals surface area contributed by atoms with Gasteiger partial charge < -0.3 is 10.2 Å². The number of amides is 2. The Hall–Kier alpha value is -1.10. The van der Waals surface area contributed by atoms with Crippen LogP contribution in [0, 0.1) is 5.92 Å². The highest BCUT2D eigenvalue weighted by atomic mass is 16.2. The molecule has 1 N–H and O–H groups in total. The maximum Gasteiger partial charge on any atom is 0.240 e. The Kier molecular flexibility index (Phi) is 5.48. The predicted octanol–water partition coefficient (Wildman–Crippen LogP) is 2.16. The summed E-state index contributed by atoms with van der Waals surface area (Å²) in [7, 11) is 0. The maximum atomic E-state index is 13.0. The molecular weight excluding hydrogens is 302 g/mol. The van der Waals surface area contributed by atoms with E-state index in [0.29, 0.717) is 18.1 Å². The lowest BCUT2D eigenvalue weighted by atomic mass is 9.93. The zero-order valence-electron chi connectivity index (χ0n) is 15.5. The molecular formula is C19H33N3O2. The molecule has 1 saturated carbocycles. The van der Waals surface area contributed by atoms with Crippen LogP contribution in [0.2, 0.25) is 0 Å². The molecule has 2 saturated heterocycles. The average Bonchev–Trinajstić information content (AvgIpc) is 3.38. The number of nitrogens with one attached hydrogen (secondary N) is 1. The normalized spacial score (nSPS) is 30.9. The van der Waals surface area contributed by atoms with E-state index in [4.69, 9.17) is 0 Å². The number of piperidine rings is 2. The largest absolute Gasteiger partial charge is 0.353 e. The van der Waals surface area contributed by atoms with E-state index in [1.165, 1.54) is 6.42 Å². The van der Waals surface area contributed by atoms with Crippen LogP contribution in [0.4, 0.5) is 0 Å². The molecule has 2 amide bonds. The summed E-state index contributed by atoms with van der Waals surface area (Å²) >= 11 is 0. The molecule has 1 aliphatic carbocycles. The summed E-state index contributed by atoms with van der Waals surface area (Å²) in [6.07, 6.45) is 7.49. The minimum absolute atomic E-state index is 0.0690. The Bertz CT molecular complexity index is 459. The number of rotatable bonds is 4. The Labute approximate surface area is 146 Å². The van der Waals surface area contributed by atoms with Crippen molar-refractivity contribution < 1.29 is 9.59 Å². The fourth-order valence-corrected chi connectivity index (χ4v) is 4.32. The van der Waals surface area contributed by atoms with Crippen molar-refractivity contribution in [2.45, 2.75) is 89.9 Å². The molecule has 0 spiro atoms. The standard InChI is InChI=1S/C19H33N3O2/c1-13-5-4-6-14(2)22(13)19(24)15(3)21-11-9-16(10-12-21)18(23)20-17-7-8-17/h13-17H,4-12H2,1-3H3,(H,20,23)/t13-,14-,15+/m0/s1. The number of nitrogens with zero attached hydrogens (tertiary/aromatic N) is 2. The molecule has 0 aromatic carbocycles. The van der Waals surface area contributed by atoms with E-state index < -0.39 is 0 Å². The van der Waals surface area contributed by atoms with E-state index in [1.54, 1.807) is 0 Å². The van der Waals surface area contributed by atoms with Crippen LogP contribution in [0.15, 0.2) is 0 Å². The third-order valence-electron chi connectivity index (χ3n) is 6.18. The van der Waals surface area contributed by atoms with E-state index in [2.05, 4.69) is 29.0 Å². The van der Waals surface area contributed by atoms with Gasteiger partial charge >= 0.3 is 0 Å². The molecule has 136 valence electrons.